The zero-order valence-corrected chi connectivity index (χ0v) is 21.5. The smallest absolute Gasteiger partial charge is 0.163 e. The molecule has 1 aliphatic heterocycles. The minimum atomic E-state index is -0.686. The summed E-state index contributed by atoms with van der Waals surface area (Å²) >= 11 is 3.37. The Balaban J connectivity index is 1.23. The zero-order valence-electron chi connectivity index (χ0n) is 19.9. The van der Waals surface area contributed by atoms with E-state index in [2.05, 4.69) is 35.4 Å². The monoisotopic (exact) mass is 552 g/mol. The number of benzene rings is 1. The normalized spacial score (nSPS) is 30.1. The second kappa shape index (κ2) is 7.36. The van der Waals surface area contributed by atoms with Crippen LogP contribution in [0.1, 0.15) is 38.3 Å². The van der Waals surface area contributed by atoms with Crippen LogP contribution < -0.4 is 11.5 Å². The van der Waals surface area contributed by atoms with E-state index in [-0.39, 0.29) is 29.5 Å². The first-order valence-electron chi connectivity index (χ1n) is 12.1. The van der Waals surface area contributed by atoms with E-state index in [1.807, 2.05) is 32.2 Å². The van der Waals surface area contributed by atoms with E-state index < -0.39 is 5.79 Å². The Kier molecular flexibility index (Phi) is 4.58. The fourth-order valence-electron chi connectivity index (χ4n) is 6.65. The molecular weight excluding hydrogens is 527 g/mol. The standard InChI is InChI=1S/C26H26BrFN6O2/c1-25(2)35-20-19(34-6-4-14-22(29)31-11-32-24(14)34)15-10-26(15,21(20)36-25)5-3-12-9-18-13(8-17(12)28)7-16(27)23(30)33-18/h4,6-9,11,15,19-21H,3,5,10H2,1-2H3,(H2,30,33)(H2,29,31,32)/t15-,19-,20+,21+,26+/m1/s1. The van der Waals surface area contributed by atoms with Crippen LogP contribution in [0.5, 0.6) is 0 Å². The summed E-state index contributed by atoms with van der Waals surface area (Å²) in [5, 5.41) is 1.55. The quantitative estimate of drug-likeness (QED) is 0.375. The molecule has 4 N–H and O–H groups in total. The molecule has 2 saturated carbocycles. The minimum Gasteiger partial charge on any atom is -0.383 e. The summed E-state index contributed by atoms with van der Waals surface area (Å²) in [6.45, 7) is 3.91. The topological polar surface area (TPSA) is 114 Å². The van der Waals surface area contributed by atoms with Gasteiger partial charge in [-0.25, -0.2) is 19.3 Å². The van der Waals surface area contributed by atoms with Gasteiger partial charge in [0.15, 0.2) is 5.79 Å². The van der Waals surface area contributed by atoms with Crippen LogP contribution in [0.2, 0.25) is 0 Å². The predicted octanol–water partition coefficient (Wildman–Crippen LogP) is 4.76. The average Bonchev–Trinajstić information content (AvgIpc) is 3.08. The number of nitrogens with zero attached hydrogens (tertiary/aromatic N) is 4. The number of fused-ring (bicyclic) bond motifs is 5. The van der Waals surface area contributed by atoms with Crippen molar-refractivity contribution in [3.05, 3.63) is 52.6 Å². The molecule has 10 heteroatoms. The molecule has 0 amide bonds. The fourth-order valence-corrected chi connectivity index (χ4v) is 6.98. The number of aryl methyl sites for hydroxylation is 1. The highest BCUT2D eigenvalue weighted by atomic mass is 79.9. The molecule has 8 nitrogen and oxygen atoms in total. The number of rotatable bonds is 4. The molecule has 4 heterocycles. The third kappa shape index (κ3) is 3.13. The molecule has 0 unspecified atom stereocenters. The highest BCUT2D eigenvalue weighted by Gasteiger charge is 2.75. The van der Waals surface area contributed by atoms with Crippen molar-refractivity contribution in [2.24, 2.45) is 11.3 Å². The Bertz CT molecular complexity index is 1560. The maximum Gasteiger partial charge on any atom is 0.163 e. The summed E-state index contributed by atoms with van der Waals surface area (Å²) in [6.07, 6.45) is 5.69. The molecule has 1 saturated heterocycles. The van der Waals surface area contributed by atoms with E-state index in [1.165, 1.54) is 6.33 Å². The van der Waals surface area contributed by atoms with Gasteiger partial charge in [0.1, 0.15) is 35.5 Å². The van der Waals surface area contributed by atoms with Crippen LogP contribution in [0.4, 0.5) is 16.0 Å². The van der Waals surface area contributed by atoms with E-state index in [9.17, 15) is 0 Å². The molecule has 5 atom stereocenters. The van der Waals surface area contributed by atoms with Crippen molar-refractivity contribution in [2.75, 3.05) is 11.5 Å². The van der Waals surface area contributed by atoms with E-state index in [0.29, 0.717) is 39.5 Å². The number of pyridine rings is 1. The number of hydrogen-bond acceptors (Lipinski definition) is 7. The first-order valence-corrected chi connectivity index (χ1v) is 12.9. The molecule has 36 heavy (non-hydrogen) atoms. The van der Waals surface area contributed by atoms with Gasteiger partial charge >= 0.3 is 0 Å². The number of nitrogens with two attached hydrogens (primary N) is 2. The van der Waals surface area contributed by atoms with Crippen LogP contribution in [0.25, 0.3) is 21.9 Å². The summed E-state index contributed by atoms with van der Waals surface area (Å²) in [7, 11) is 0. The molecule has 1 aromatic carbocycles. The summed E-state index contributed by atoms with van der Waals surface area (Å²) < 4.78 is 30.9. The van der Waals surface area contributed by atoms with E-state index in [0.717, 1.165) is 29.3 Å². The van der Waals surface area contributed by atoms with Crippen LogP contribution in [-0.4, -0.2) is 37.5 Å². The van der Waals surface area contributed by atoms with Crippen molar-refractivity contribution >= 4 is 49.5 Å². The number of anilines is 2. The molecule has 0 radical (unpaired) electrons. The lowest BCUT2D eigenvalue weighted by atomic mass is 9.91. The lowest BCUT2D eigenvalue weighted by molar-refractivity contribution is -0.161. The summed E-state index contributed by atoms with van der Waals surface area (Å²) in [4.78, 5) is 13.1. The van der Waals surface area contributed by atoms with Crippen molar-refractivity contribution < 1.29 is 13.9 Å². The Morgan fingerprint density at radius 3 is 2.83 bits per heavy atom. The van der Waals surface area contributed by atoms with Crippen LogP contribution >= 0.6 is 15.9 Å². The van der Waals surface area contributed by atoms with Gasteiger partial charge in [-0.3, -0.25) is 0 Å². The van der Waals surface area contributed by atoms with Gasteiger partial charge < -0.3 is 25.5 Å². The van der Waals surface area contributed by atoms with Crippen molar-refractivity contribution in [1.29, 1.82) is 0 Å². The second-order valence-electron chi connectivity index (χ2n) is 10.8. The molecule has 4 aromatic rings. The number of aromatic nitrogens is 4. The van der Waals surface area contributed by atoms with Crippen molar-refractivity contribution in [3.8, 4) is 0 Å². The highest BCUT2D eigenvalue weighted by Crippen LogP contribution is 2.73. The molecule has 0 bridgehead atoms. The summed E-state index contributed by atoms with van der Waals surface area (Å²) in [6, 6.07) is 7.18. The lowest BCUT2D eigenvalue weighted by Gasteiger charge is -2.24. The summed E-state index contributed by atoms with van der Waals surface area (Å²) in [5.41, 5.74) is 14.1. The molecule has 3 aliphatic rings. The fraction of sp³-hybridized carbons (Fsp3) is 0.423. The number of halogens is 2. The lowest BCUT2D eigenvalue weighted by Crippen LogP contribution is -2.32. The highest BCUT2D eigenvalue weighted by molar-refractivity contribution is 9.10. The van der Waals surface area contributed by atoms with Gasteiger partial charge in [-0.15, -0.1) is 0 Å². The van der Waals surface area contributed by atoms with Crippen LogP contribution in [0, 0.1) is 17.2 Å². The first kappa shape index (κ1) is 22.4. The van der Waals surface area contributed by atoms with Crippen LogP contribution in [-0.2, 0) is 15.9 Å². The Labute approximate surface area is 215 Å². The SMILES string of the molecule is CC1(C)O[C@H]2[C@H](n3ccc4c(N)ncnc43)[C@H]3C[C@]3(CCc3cc4nc(N)c(Br)cc4cc3F)[C@H]2O1. The molecule has 3 aromatic heterocycles. The van der Waals surface area contributed by atoms with Crippen molar-refractivity contribution in [1.82, 2.24) is 19.5 Å². The van der Waals surface area contributed by atoms with Crippen molar-refractivity contribution in [3.63, 3.8) is 0 Å². The Morgan fingerprint density at radius 1 is 1.17 bits per heavy atom. The predicted molar refractivity (Wildman–Crippen MR) is 137 cm³/mol. The van der Waals surface area contributed by atoms with Gasteiger partial charge in [-0.2, -0.15) is 0 Å². The molecule has 0 spiro atoms. The van der Waals surface area contributed by atoms with Gasteiger partial charge in [0.05, 0.1) is 27.5 Å². The maximum atomic E-state index is 15.1. The van der Waals surface area contributed by atoms with E-state index in [1.54, 1.807) is 12.1 Å². The third-order valence-electron chi connectivity index (χ3n) is 8.31. The van der Waals surface area contributed by atoms with Crippen LogP contribution in [0.15, 0.2) is 41.3 Å². The summed E-state index contributed by atoms with van der Waals surface area (Å²) in [5.74, 6) is 0.280. The van der Waals surface area contributed by atoms with Gasteiger partial charge in [0.25, 0.3) is 0 Å². The second-order valence-corrected chi connectivity index (χ2v) is 11.6. The molecule has 186 valence electrons. The van der Waals surface area contributed by atoms with Gasteiger partial charge in [0, 0.05) is 17.0 Å². The first-order chi connectivity index (χ1) is 17.2. The van der Waals surface area contributed by atoms with Gasteiger partial charge in [-0.05, 0) is 84.8 Å². The number of ether oxygens (including phenoxy) is 2. The third-order valence-corrected chi connectivity index (χ3v) is 8.94. The minimum absolute atomic E-state index is 0.0591. The molecule has 2 aliphatic carbocycles. The molecular formula is C26H26BrFN6O2. The van der Waals surface area contributed by atoms with Crippen molar-refractivity contribution in [2.45, 2.75) is 57.1 Å². The molecule has 7 rings (SSSR count). The number of hydrogen-bond donors (Lipinski definition) is 2. The number of nitrogen functional groups attached to an aromatic ring is 2. The Morgan fingerprint density at radius 2 is 2.00 bits per heavy atom. The average molecular weight is 553 g/mol. The Hall–Kier alpha value is -2.82. The largest absolute Gasteiger partial charge is 0.383 e. The van der Waals surface area contributed by atoms with Crippen LogP contribution in [0.3, 0.4) is 0 Å². The van der Waals surface area contributed by atoms with Gasteiger partial charge in [0.2, 0.25) is 0 Å². The van der Waals surface area contributed by atoms with Gasteiger partial charge in [-0.1, -0.05) is 0 Å². The van der Waals surface area contributed by atoms with E-state index >= 15 is 4.39 Å². The van der Waals surface area contributed by atoms with E-state index in [4.69, 9.17) is 20.9 Å². The zero-order chi connectivity index (χ0) is 25.0. The maximum absolute atomic E-state index is 15.1. The molecule has 3 fully saturated rings.